The summed E-state index contributed by atoms with van der Waals surface area (Å²) in [4.78, 5) is 27.7. The number of carbonyl (C=O) groups is 2. The van der Waals surface area contributed by atoms with Crippen molar-refractivity contribution in [2.75, 3.05) is 6.61 Å². The van der Waals surface area contributed by atoms with E-state index in [4.69, 9.17) is 4.74 Å². The Kier molecular flexibility index (Phi) is 9.57. The van der Waals surface area contributed by atoms with Gasteiger partial charge in [0.1, 0.15) is 11.8 Å². The summed E-state index contributed by atoms with van der Waals surface area (Å²) in [6.45, 7) is 10.4. The van der Waals surface area contributed by atoms with Crippen LogP contribution in [0.25, 0.3) is 0 Å². The maximum atomic E-state index is 13.2. The molecule has 2 unspecified atom stereocenters. The lowest BCUT2D eigenvalue weighted by Crippen LogP contribution is -2.51. The maximum Gasteiger partial charge on any atom is 0.261 e. The number of hydrogen-bond acceptors (Lipinski definition) is 3. The number of nitrogens with zero attached hydrogens (tertiary/aromatic N) is 1. The van der Waals surface area contributed by atoms with Crippen LogP contribution >= 0.6 is 0 Å². The molecule has 2 atom stereocenters. The highest BCUT2D eigenvalue weighted by Crippen LogP contribution is 2.19. The van der Waals surface area contributed by atoms with Crippen molar-refractivity contribution in [1.82, 2.24) is 10.2 Å². The Bertz CT molecular complexity index is 818. The molecule has 0 aliphatic rings. The van der Waals surface area contributed by atoms with Crippen LogP contribution in [-0.2, 0) is 16.1 Å². The summed E-state index contributed by atoms with van der Waals surface area (Å²) in [5.74, 6) is 0.756. The summed E-state index contributed by atoms with van der Waals surface area (Å²) < 4.78 is 5.77. The van der Waals surface area contributed by atoms with E-state index in [-0.39, 0.29) is 24.5 Å². The van der Waals surface area contributed by atoms with Gasteiger partial charge in [-0.1, -0.05) is 70.2 Å². The molecule has 1 N–H and O–H groups in total. The molecule has 2 amide bonds. The van der Waals surface area contributed by atoms with Gasteiger partial charge in [0.25, 0.3) is 5.91 Å². The third-order valence-corrected chi connectivity index (χ3v) is 5.49. The number of benzene rings is 2. The second-order valence-corrected chi connectivity index (χ2v) is 8.26. The van der Waals surface area contributed by atoms with Crippen molar-refractivity contribution in [3.63, 3.8) is 0 Å². The van der Waals surface area contributed by atoms with E-state index in [0.717, 1.165) is 12.0 Å². The number of amides is 2. The number of carbonyl (C=O) groups excluding carboxylic acids is 2. The van der Waals surface area contributed by atoms with Crippen LogP contribution < -0.4 is 10.1 Å². The topological polar surface area (TPSA) is 58.6 Å². The largest absolute Gasteiger partial charge is 0.484 e. The molecule has 0 radical (unpaired) electrons. The van der Waals surface area contributed by atoms with Gasteiger partial charge >= 0.3 is 0 Å². The SMILES string of the molecule is CCC(C)NC(=O)C(CC)N(Cc1ccccc1)C(=O)COc1ccc(C(C)C)cc1. The smallest absolute Gasteiger partial charge is 0.261 e. The van der Waals surface area contributed by atoms with E-state index >= 15 is 0 Å². The second-order valence-electron chi connectivity index (χ2n) is 8.26. The molecule has 0 heterocycles. The lowest BCUT2D eigenvalue weighted by molar-refractivity contribution is -0.143. The van der Waals surface area contributed by atoms with E-state index in [1.807, 2.05) is 75.4 Å². The first-order valence-corrected chi connectivity index (χ1v) is 11.2. The molecule has 5 heteroatoms. The summed E-state index contributed by atoms with van der Waals surface area (Å²) in [7, 11) is 0. The highest BCUT2D eigenvalue weighted by molar-refractivity contribution is 5.88. The monoisotopic (exact) mass is 424 g/mol. The minimum atomic E-state index is -0.548. The highest BCUT2D eigenvalue weighted by atomic mass is 16.5. The third-order valence-electron chi connectivity index (χ3n) is 5.49. The van der Waals surface area contributed by atoms with Gasteiger partial charge in [0, 0.05) is 12.6 Å². The van der Waals surface area contributed by atoms with Crippen molar-refractivity contribution in [3.05, 3.63) is 65.7 Å². The van der Waals surface area contributed by atoms with Gasteiger partial charge in [-0.3, -0.25) is 9.59 Å². The molecule has 2 aromatic carbocycles. The molecule has 168 valence electrons. The Morgan fingerprint density at radius 3 is 2.13 bits per heavy atom. The molecule has 0 spiro atoms. The van der Waals surface area contributed by atoms with E-state index in [9.17, 15) is 9.59 Å². The van der Waals surface area contributed by atoms with Gasteiger partial charge < -0.3 is 15.0 Å². The van der Waals surface area contributed by atoms with E-state index < -0.39 is 6.04 Å². The summed E-state index contributed by atoms with van der Waals surface area (Å²) >= 11 is 0. The first-order chi connectivity index (χ1) is 14.8. The summed E-state index contributed by atoms with van der Waals surface area (Å²) in [5, 5.41) is 3.02. The van der Waals surface area contributed by atoms with Crippen molar-refractivity contribution < 1.29 is 14.3 Å². The van der Waals surface area contributed by atoms with Crippen LogP contribution in [0.1, 0.15) is 64.5 Å². The molecule has 0 bridgehead atoms. The van der Waals surface area contributed by atoms with E-state index in [1.54, 1.807) is 4.90 Å². The molecule has 0 aliphatic heterocycles. The Balaban J connectivity index is 2.15. The minimum Gasteiger partial charge on any atom is -0.484 e. The number of ether oxygens (including phenoxy) is 1. The van der Waals surface area contributed by atoms with E-state index in [2.05, 4.69) is 19.2 Å². The van der Waals surface area contributed by atoms with Gasteiger partial charge in [-0.05, 0) is 48.9 Å². The molecule has 0 fully saturated rings. The highest BCUT2D eigenvalue weighted by Gasteiger charge is 2.29. The molecule has 0 saturated heterocycles. The normalized spacial score (nSPS) is 12.8. The van der Waals surface area contributed by atoms with Gasteiger partial charge in [0.05, 0.1) is 0 Å². The Labute approximate surface area is 186 Å². The molecular weight excluding hydrogens is 388 g/mol. The molecule has 0 saturated carbocycles. The first kappa shape index (κ1) is 24.4. The van der Waals surface area contributed by atoms with Gasteiger partial charge in [-0.25, -0.2) is 0 Å². The van der Waals surface area contributed by atoms with Crippen molar-refractivity contribution in [2.24, 2.45) is 0 Å². The van der Waals surface area contributed by atoms with E-state index in [0.29, 0.717) is 24.6 Å². The number of rotatable bonds is 11. The van der Waals surface area contributed by atoms with Crippen LogP contribution in [0.15, 0.2) is 54.6 Å². The minimum absolute atomic E-state index is 0.0611. The molecular formula is C26H36N2O3. The quantitative estimate of drug-likeness (QED) is 0.557. The average Bonchev–Trinajstić information content (AvgIpc) is 2.78. The zero-order chi connectivity index (χ0) is 22.8. The van der Waals surface area contributed by atoms with Crippen molar-refractivity contribution in [2.45, 2.75) is 72.0 Å². The number of hydrogen-bond donors (Lipinski definition) is 1. The fraction of sp³-hybridized carbons (Fsp3) is 0.462. The fourth-order valence-corrected chi connectivity index (χ4v) is 3.32. The summed E-state index contributed by atoms with van der Waals surface area (Å²) in [5.41, 5.74) is 2.20. The Morgan fingerprint density at radius 2 is 1.58 bits per heavy atom. The van der Waals surface area contributed by atoms with Crippen LogP contribution in [0, 0.1) is 0 Å². The molecule has 31 heavy (non-hydrogen) atoms. The predicted octanol–water partition coefficient (Wildman–Crippen LogP) is 4.91. The Hall–Kier alpha value is -2.82. The second kappa shape index (κ2) is 12.1. The summed E-state index contributed by atoms with van der Waals surface area (Å²) in [6, 6.07) is 17.0. The van der Waals surface area contributed by atoms with Crippen LogP contribution in [0.2, 0.25) is 0 Å². The van der Waals surface area contributed by atoms with Gasteiger partial charge in [-0.15, -0.1) is 0 Å². The van der Waals surface area contributed by atoms with Gasteiger partial charge in [0.15, 0.2) is 6.61 Å². The average molecular weight is 425 g/mol. The standard InChI is InChI=1S/C26H36N2O3/c1-6-20(5)27-26(30)24(7-2)28(17-21-11-9-8-10-12-21)25(29)18-31-23-15-13-22(14-16-23)19(3)4/h8-16,19-20,24H,6-7,17-18H2,1-5H3,(H,27,30). The maximum absolute atomic E-state index is 13.2. The van der Waals surface area contributed by atoms with Gasteiger partial charge in [-0.2, -0.15) is 0 Å². The zero-order valence-corrected chi connectivity index (χ0v) is 19.4. The molecule has 5 nitrogen and oxygen atoms in total. The van der Waals surface area contributed by atoms with Crippen molar-refractivity contribution in [3.8, 4) is 5.75 Å². The summed E-state index contributed by atoms with van der Waals surface area (Å²) in [6.07, 6.45) is 1.37. The third kappa shape index (κ3) is 7.42. The number of nitrogens with one attached hydrogen (secondary N) is 1. The van der Waals surface area contributed by atoms with Crippen molar-refractivity contribution >= 4 is 11.8 Å². The Morgan fingerprint density at radius 1 is 0.935 bits per heavy atom. The van der Waals surface area contributed by atoms with E-state index in [1.165, 1.54) is 5.56 Å². The molecule has 2 aromatic rings. The lowest BCUT2D eigenvalue weighted by Gasteiger charge is -2.31. The predicted molar refractivity (Wildman–Crippen MR) is 125 cm³/mol. The van der Waals surface area contributed by atoms with Crippen LogP contribution in [-0.4, -0.2) is 35.4 Å². The zero-order valence-electron chi connectivity index (χ0n) is 19.4. The fourth-order valence-electron chi connectivity index (χ4n) is 3.32. The first-order valence-electron chi connectivity index (χ1n) is 11.2. The van der Waals surface area contributed by atoms with Crippen LogP contribution in [0.5, 0.6) is 5.75 Å². The molecule has 2 rings (SSSR count). The van der Waals surface area contributed by atoms with Gasteiger partial charge in [0.2, 0.25) is 5.91 Å². The van der Waals surface area contributed by atoms with Crippen molar-refractivity contribution in [1.29, 1.82) is 0 Å². The lowest BCUT2D eigenvalue weighted by atomic mass is 10.0. The molecule has 0 aromatic heterocycles. The van der Waals surface area contributed by atoms with Crippen LogP contribution in [0.3, 0.4) is 0 Å². The van der Waals surface area contributed by atoms with Crippen LogP contribution in [0.4, 0.5) is 0 Å². The molecule has 0 aliphatic carbocycles.